The van der Waals surface area contributed by atoms with Crippen LogP contribution in [-0.4, -0.2) is 42.9 Å². The fourth-order valence-corrected chi connectivity index (χ4v) is 3.98. The quantitative estimate of drug-likeness (QED) is 0.272. The smallest absolute Gasteiger partial charge is 0.223 e. The first kappa shape index (κ1) is 25.7. The van der Waals surface area contributed by atoms with Gasteiger partial charge in [-0.15, -0.1) is 24.0 Å². The molecule has 2 aromatic carbocycles. The number of aliphatic imine (C=N–C) groups is 1. The monoisotopic (exact) mass is 574 g/mol. The van der Waals surface area contributed by atoms with Gasteiger partial charge in [-0.05, 0) is 36.6 Å². The van der Waals surface area contributed by atoms with Crippen LogP contribution in [0, 0.1) is 5.92 Å². The topological polar surface area (TPSA) is 56.7 Å². The zero-order valence-electron chi connectivity index (χ0n) is 17.6. The van der Waals surface area contributed by atoms with Crippen molar-refractivity contribution < 1.29 is 4.79 Å². The van der Waals surface area contributed by atoms with Crippen LogP contribution in [0.3, 0.4) is 0 Å². The summed E-state index contributed by atoms with van der Waals surface area (Å²) in [6.07, 6.45) is 1.46. The van der Waals surface area contributed by atoms with Gasteiger partial charge in [-0.2, -0.15) is 0 Å². The number of halogens is 3. The number of nitrogens with one attached hydrogen (secondary N) is 2. The number of benzene rings is 2. The van der Waals surface area contributed by atoms with E-state index in [0.29, 0.717) is 29.6 Å². The average molecular weight is 575 g/mol. The molecule has 2 aromatic rings. The number of likely N-dealkylation sites (tertiary alicyclic amines) is 1. The second kappa shape index (κ2) is 13.1. The molecule has 0 aliphatic carbocycles. The van der Waals surface area contributed by atoms with Crippen LogP contribution in [0.15, 0.2) is 53.5 Å². The van der Waals surface area contributed by atoms with Crippen molar-refractivity contribution in [3.8, 4) is 0 Å². The highest BCUT2D eigenvalue weighted by atomic mass is 127. The standard InChI is InChI=1S/C23H28Cl2N4O.HI/c1-2-26-23(28-15-19-8-9-20(24)13-21(19)25)27-14-18-12-22(30)29(16-18)11-10-17-6-4-3-5-7-17;/h3-9,13,18H,2,10-12,14-16H2,1H3,(H2,26,27,28);1H. The first-order valence-electron chi connectivity index (χ1n) is 10.3. The maximum absolute atomic E-state index is 12.4. The van der Waals surface area contributed by atoms with Gasteiger partial charge in [0.15, 0.2) is 5.96 Å². The third kappa shape index (κ3) is 8.16. The Morgan fingerprint density at radius 2 is 1.94 bits per heavy atom. The third-order valence-electron chi connectivity index (χ3n) is 5.13. The molecule has 1 aliphatic rings. The summed E-state index contributed by atoms with van der Waals surface area (Å²) in [6, 6.07) is 15.7. The summed E-state index contributed by atoms with van der Waals surface area (Å²) in [4.78, 5) is 19.0. The first-order valence-corrected chi connectivity index (χ1v) is 11.1. The minimum absolute atomic E-state index is 0. The lowest BCUT2D eigenvalue weighted by Gasteiger charge is -2.18. The van der Waals surface area contributed by atoms with Crippen LogP contribution in [0.25, 0.3) is 0 Å². The Balaban J connectivity index is 0.00000341. The third-order valence-corrected chi connectivity index (χ3v) is 5.72. The van der Waals surface area contributed by atoms with E-state index in [4.69, 9.17) is 23.2 Å². The molecule has 0 spiro atoms. The van der Waals surface area contributed by atoms with Crippen LogP contribution in [0.5, 0.6) is 0 Å². The first-order chi connectivity index (χ1) is 14.5. The predicted octanol–water partition coefficient (Wildman–Crippen LogP) is 4.76. The van der Waals surface area contributed by atoms with Crippen molar-refractivity contribution >= 4 is 59.0 Å². The predicted molar refractivity (Wildman–Crippen MR) is 140 cm³/mol. The summed E-state index contributed by atoms with van der Waals surface area (Å²) in [7, 11) is 0. The van der Waals surface area contributed by atoms with Crippen molar-refractivity contribution in [3.05, 3.63) is 69.7 Å². The highest BCUT2D eigenvalue weighted by Crippen LogP contribution is 2.21. The summed E-state index contributed by atoms with van der Waals surface area (Å²) in [5.41, 5.74) is 2.18. The molecule has 31 heavy (non-hydrogen) atoms. The number of hydrogen-bond donors (Lipinski definition) is 2. The minimum atomic E-state index is 0. The zero-order valence-corrected chi connectivity index (χ0v) is 21.5. The van der Waals surface area contributed by atoms with Crippen molar-refractivity contribution in [2.24, 2.45) is 10.9 Å². The largest absolute Gasteiger partial charge is 0.357 e. The number of guanidine groups is 1. The van der Waals surface area contributed by atoms with Gasteiger partial charge in [0.1, 0.15) is 0 Å². The molecule has 0 aromatic heterocycles. The summed E-state index contributed by atoms with van der Waals surface area (Å²) >= 11 is 12.2. The van der Waals surface area contributed by atoms with Crippen LogP contribution in [0.4, 0.5) is 0 Å². The lowest BCUT2D eigenvalue weighted by molar-refractivity contribution is -0.127. The van der Waals surface area contributed by atoms with E-state index in [1.54, 1.807) is 6.07 Å². The second-order valence-electron chi connectivity index (χ2n) is 7.46. The highest BCUT2D eigenvalue weighted by Gasteiger charge is 2.29. The molecule has 3 rings (SSSR count). The van der Waals surface area contributed by atoms with Crippen molar-refractivity contribution in [2.45, 2.75) is 26.3 Å². The fraction of sp³-hybridized carbons (Fsp3) is 0.391. The lowest BCUT2D eigenvalue weighted by atomic mass is 10.1. The molecule has 1 saturated heterocycles. The van der Waals surface area contributed by atoms with Gasteiger partial charge in [0.05, 0.1) is 6.54 Å². The van der Waals surface area contributed by atoms with Gasteiger partial charge in [0, 0.05) is 48.6 Å². The van der Waals surface area contributed by atoms with Gasteiger partial charge >= 0.3 is 0 Å². The molecule has 0 bridgehead atoms. The van der Waals surface area contributed by atoms with Crippen molar-refractivity contribution in [1.82, 2.24) is 15.5 Å². The number of amides is 1. The molecule has 0 saturated carbocycles. The Morgan fingerprint density at radius 1 is 1.16 bits per heavy atom. The van der Waals surface area contributed by atoms with Gasteiger partial charge in [-0.25, -0.2) is 4.99 Å². The number of hydrogen-bond acceptors (Lipinski definition) is 2. The zero-order chi connectivity index (χ0) is 21.3. The van der Waals surface area contributed by atoms with Crippen LogP contribution < -0.4 is 10.6 Å². The van der Waals surface area contributed by atoms with Gasteiger partial charge in [-0.1, -0.05) is 59.6 Å². The number of carbonyl (C=O) groups excluding carboxylic acids is 1. The molecule has 8 heteroatoms. The highest BCUT2D eigenvalue weighted by molar-refractivity contribution is 14.0. The van der Waals surface area contributed by atoms with E-state index in [-0.39, 0.29) is 35.8 Å². The normalized spacial score (nSPS) is 16.2. The Morgan fingerprint density at radius 3 is 2.65 bits per heavy atom. The van der Waals surface area contributed by atoms with E-state index in [0.717, 1.165) is 37.6 Å². The van der Waals surface area contributed by atoms with Gasteiger partial charge in [0.2, 0.25) is 5.91 Å². The summed E-state index contributed by atoms with van der Waals surface area (Å²) in [5, 5.41) is 7.84. The molecule has 1 aliphatic heterocycles. The summed E-state index contributed by atoms with van der Waals surface area (Å²) < 4.78 is 0. The molecule has 1 unspecified atom stereocenters. The Kier molecular flexibility index (Phi) is 10.9. The van der Waals surface area contributed by atoms with Crippen molar-refractivity contribution in [2.75, 3.05) is 26.2 Å². The molecule has 1 amide bonds. The molecule has 1 heterocycles. The number of carbonyl (C=O) groups is 1. The molecule has 1 atom stereocenters. The lowest BCUT2D eigenvalue weighted by Crippen LogP contribution is -2.40. The Hall–Kier alpha value is -1.51. The second-order valence-corrected chi connectivity index (χ2v) is 8.30. The van der Waals surface area contributed by atoms with E-state index in [1.807, 2.05) is 42.2 Å². The van der Waals surface area contributed by atoms with Crippen LogP contribution in [-0.2, 0) is 17.8 Å². The molecule has 5 nitrogen and oxygen atoms in total. The number of nitrogens with zero attached hydrogens (tertiary/aromatic N) is 2. The molecule has 2 N–H and O–H groups in total. The summed E-state index contributed by atoms with van der Waals surface area (Å²) in [6.45, 7) is 5.49. The number of rotatable bonds is 8. The summed E-state index contributed by atoms with van der Waals surface area (Å²) in [5.74, 6) is 1.22. The van der Waals surface area contributed by atoms with Crippen LogP contribution in [0.2, 0.25) is 10.0 Å². The van der Waals surface area contributed by atoms with E-state index in [9.17, 15) is 4.79 Å². The molecular weight excluding hydrogens is 546 g/mol. The van der Waals surface area contributed by atoms with Gasteiger partial charge in [0.25, 0.3) is 0 Å². The van der Waals surface area contributed by atoms with Crippen LogP contribution in [0.1, 0.15) is 24.5 Å². The van der Waals surface area contributed by atoms with E-state index in [1.165, 1.54) is 5.56 Å². The fourth-order valence-electron chi connectivity index (χ4n) is 3.51. The molecule has 168 valence electrons. The van der Waals surface area contributed by atoms with E-state index < -0.39 is 0 Å². The SMILES string of the molecule is CCNC(=NCc1ccc(Cl)cc1Cl)NCC1CC(=O)N(CCc2ccccc2)C1.I. The average Bonchev–Trinajstić information content (AvgIpc) is 3.10. The maximum atomic E-state index is 12.4. The van der Waals surface area contributed by atoms with Crippen molar-refractivity contribution in [1.29, 1.82) is 0 Å². The van der Waals surface area contributed by atoms with Crippen molar-refractivity contribution in [3.63, 3.8) is 0 Å². The van der Waals surface area contributed by atoms with Gasteiger partial charge in [-0.3, -0.25) is 4.79 Å². The minimum Gasteiger partial charge on any atom is -0.357 e. The maximum Gasteiger partial charge on any atom is 0.223 e. The molecule has 0 radical (unpaired) electrons. The van der Waals surface area contributed by atoms with E-state index >= 15 is 0 Å². The van der Waals surface area contributed by atoms with E-state index in [2.05, 4.69) is 27.8 Å². The van der Waals surface area contributed by atoms with Gasteiger partial charge < -0.3 is 15.5 Å². The Labute approximate surface area is 211 Å². The van der Waals surface area contributed by atoms with Crippen LogP contribution >= 0.6 is 47.2 Å². The molecule has 1 fully saturated rings. The molecular formula is C23H29Cl2IN4O. The Bertz CT molecular complexity index is 879.